The van der Waals surface area contributed by atoms with Crippen LogP contribution in [0.3, 0.4) is 0 Å². The Hall–Kier alpha value is -1.51. The maximum Gasteiger partial charge on any atom is 0.338 e. The second-order valence-corrected chi connectivity index (χ2v) is 9.59. The molecule has 1 aromatic rings. The maximum atomic E-state index is 12.2. The number of carbonyl (C=O) groups excluding carboxylic acids is 1. The third-order valence-corrected chi connectivity index (χ3v) is 6.47. The van der Waals surface area contributed by atoms with E-state index in [-0.39, 0.29) is 0 Å². The molecular weight excluding hydrogens is 448 g/mol. The highest BCUT2D eigenvalue weighted by Gasteiger charge is 2.30. The fraction of sp³-hybridized carbons (Fsp3) is 0.750. The normalized spacial score (nSPS) is 14.9. The molecule has 0 saturated heterocycles. The van der Waals surface area contributed by atoms with Gasteiger partial charge in [-0.2, -0.15) is 0 Å². The lowest BCUT2D eigenvalue weighted by molar-refractivity contribution is -0.124. The molecule has 0 bridgehead atoms. The number of ether oxygens (including phenoxy) is 1. The van der Waals surface area contributed by atoms with Crippen LogP contribution in [0.1, 0.15) is 106 Å². The summed E-state index contributed by atoms with van der Waals surface area (Å²) in [5.74, 6) is -0.652. The van der Waals surface area contributed by atoms with Crippen LogP contribution in [0, 0.1) is 0 Å². The molecule has 202 valence electrons. The van der Waals surface area contributed by atoms with Crippen LogP contribution in [-0.4, -0.2) is 69.1 Å². The summed E-state index contributed by atoms with van der Waals surface area (Å²) in [7, 11) is 0. The number of hydrogen-bond acceptors (Lipinski definition) is 7. The quantitative estimate of drug-likeness (QED) is 0.129. The highest BCUT2D eigenvalue weighted by Crippen LogP contribution is 2.15. The number of unbranched alkanes of at least 4 members (excludes halogenated alkanes) is 12. The Balaban J connectivity index is 2.14. The van der Waals surface area contributed by atoms with Crippen molar-refractivity contribution in [1.29, 1.82) is 0 Å². The van der Waals surface area contributed by atoms with Crippen molar-refractivity contribution in [2.45, 2.75) is 121 Å². The van der Waals surface area contributed by atoms with E-state index in [1.165, 1.54) is 77.0 Å². The monoisotopic (exact) mass is 496 g/mol. The standard InChI is InChI=1S/C28H48O7/c1-2-3-4-5-6-7-8-9-10-11-12-13-14-15-22-16-18-23(19-17-22)28(34)35-21-25(31)27(33)26(32)24(30)20-29/h16-19,24-27,29-33H,2-15,20-21H2,1H3/t24-,25+,26+,27+/m0/s1. The molecule has 0 heterocycles. The molecule has 0 saturated carbocycles. The minimum absolute atomic E-state index is 0.330. The van der Waals surface area contributed by atoms with Gasteiger partial charge in [0.1, 0.15) is 31.0 Å². The summed E-state index contributed by atoms with van der Waals surface area (Å²) in [6.07, 6.45) is 11.5. The maximum absolute atomic E-state index is 12.2. The first-order valence-electron chi connectivity index (χ1n) is 13.5. The van der Waals surface area contributed by atoms with Crippen molar-refractivity contribution in [2.24, 2.45) is 0 Å². The third kappa shape index (κ3) is 14.0. The molecule has 1 rings (SSSR count). The van der Waals surface area contributed by atoms with E-state index in [0.29, 0.717) is 5.56 Å². The molecule has 0 aliphatic carbocycles. The smallest absolute Gasteiger partial charge is 0.338 e. The molecule has 0 aliphatic heterocycles. The van der Waals surface area contributed by atoms with Gasteiger partial charge < -0.3 is 30.3 Å². The number of esters is 1. The van der Waals surface area contributed by atoms with Gasteiger partial charge in [-0.25, -0.2) is 4.79 Å². The van der Waals surface area contributed by atoms with E-state index in [9.17, 15) is 25.2 Å². The first-order valence-corrected chi connectivity index (χ1v) is 13.5. The van der Waals surface area contributed by atoms with Crippen molar-refractivity contribution in [2.75, 3.05) is 13.2 Å². The lowest BCUT2D eigenvalue weighted by atomic mass is 10.0. The van der Waals surface area contributed by atoms with Gasteiger partial charge in [0.2, 0.25) is 0 Å². The third-order valence-electron chi connectivity index (χ3n) is 6.47. The Morgan fingerprint density at radius 1 is 0.714 bits per heavy atom. The predicted molar refractivity (Wildman–Crippen MR) is 137 cm³/mol. The van der Waals surface area contributed by atoms with Crippen molar-refractivity contribution < 1.29 is 35.1 Å². The zero-order valence-corrected chi connectivity index (χ0v) is 21.5. The van der Waals surface area contributed by atoms with Gasteiger partial charge in [-0.1, -0.05) is 96.1 Å². The highest BCUT2D eigenvalue weighted by atomic mass is 16.5. The SMILES string of the molecule is CCCCCCCCCCCCCCCc1ccc(C(=O)OC[C@@H](O)[C@@H](O)[C@H](O)[C@@H](O)CO)cc1. The fourth-order valence-electron chi connectivity index (χ4n) is 4.06. The van der Waals surface area contributed by atoms with Gasteiger partial charge in [-0.05, 0) is 30.5 Å². The van der Waals surface area contributed by atoms with E-state index >= 15 is 0 Å². The molecule has 0 unspecified atom stereocenters. The Kier molecular flexibility index (Phi) is 17.7. The van der Waals surface area contributed by atoms with E-state index in [0.717, 1.165) is 18.4 Å². The van der Waals surface area contributed by atoms with E-state index < -0.39 is 43.6 Å². The number of benzene rings is 1. The lowest BCUT2D eigenvalue weighted by Crippen LogP contribution is -2.47. The molecule has 1 aromatic carbocycles. The molecule has 0 fully saturated rings. The number of carbonyl (C=O) groups is 1. The molecule has 35 heavy (non-hydrogen) atoms. The van der Waals surface area contributed by atoms with Crippen LogP contribution in [0.4, 0.5) is 0 Å². The molecule has 0 aliphatic rings. The van der Waals surface area contributed by atoms with Gasteiger partial charge in [0, 0.05) is 0 Å². The second kappa shape index (κ2) is 19.7. The van der Waals surface area contributed by atoms with Crippen molar-refractivity contribution in [3.63, 3.8) is 0 Å². The van der Waals surface area contributed by atoms with Crippen molar-refractivity contribution in [1.82, 2.24) is 0 Å². The zero-order chi connectivity index (χ0) is 25.9. The van der Waals surface area contributed by atoms with Crippen LogP contribution in [0.5, 0.6) is 0 Å². The van der Waals surface area contributed by atoms with Crippen LogP contribution < -0.4 is 0 Å². The lowest BCUT2D eigenvalue weighted by Gasteiger charge is -2.25. The van der Waals surface area contributed by atoms with Crippen LogP contribution in [-0.2, 0) is 11.2 Å². The summed E-state index contributed by atoms with van der Waals surface area (Å²) < 4.78 is 4.99. The minimum atomic E-state index is -1.76. The van der Waals surface area contributed by atoms with Crippen LogP contribution in [0.15, 0.2) is 24.3 Å². The largest absolute Gasteiger partial charge is 0.459 e. The predicted octanol–water partition coefficient (Wildman–Crippen LogP) is 3.91. The van der Waals surface area contributed by atoms with Crippen LogP contribution in [0.25, 0.3) is 0 Å². The van der Waals surface area contributed by atoms with Crippen molar-refractivity contribution >= 4 is 5.97 Å². The molecule has 0 radical (unpaired) electrons. The molecular formula is C28H48O7. The summed E-state index contributed by atoms with van der Waals surface area (Å²) >= 11 is 0. The fourth-order valence-corrected chi connectivity index (χ4v) is 4.06. The number of aliphatic hydroxyl groups is 5. The number of aliphatic hydroxyl groups excluding tert-OH is 5. The number of rotatable bonds is 21. The average Bonchev–Trinajstić information content (AvgIpc) is 2.88. The van der Waals surface area contributed by atoms with E-state index in [1.807, 2.05) is 12.1 Å². The zero-order valence-electron chi connectivity index (χ0n) is 21.5. The first kappa shape index (κ1) is 31.5. The van der Waals surface area contributed by atoms with Crippen LogP contribution in [0.2, 0.25) is 0 Å². The number of aryl methyl sites for hydroxylation is 1. The second-order valence-electron chi connectivity index (χ2n) is 9.59. The Bertz CT molecular complexity index is 649. The molecule has 7 heteroatoms. The van der Waals surface area contributed by atoms with Gasteiger partial charge in [0.05, 0.1) is 12.2 Å². The topological polar surface area (TPSA) is 127 Å². The molecule has 0 aromatic heterocycles. The van der Waals surface area contributed by atoms with E-state index in [4.69, 9.17) is 9.84 Å². The Morgan fingerprint density at radius 3 is 1.66 bits per heavy atom. The Morgan fingerprint density at radius 2 is 1.17 bits per heavy atom. The minimum Gasteiger partial charge on any atom is -0.459 e. The van der Waals surface area contributed by atoms with Gasteiger partial charge in [-0.15, -0.1) is 0 Å². The molecule has 0 spiro atoms. The summed E-state index contributed by atoms with van der Waals surface area (Å²) in [5.41, 5.74) is 1.48. The van der Waals surface area contributed by atoms with Gasteiger partial charge in [0.25, 0.3) is 0 Å². The summed E-state index contributed by atoms with van der Waals surface area (Å²) in [4.78, 5) is 12.2. The van der Waals surface area contributed by atoms with E-state index in [1.54, 1.807) is 12.1 Å². The summed E-state index contributed by atoms with van der Waals surface area (Å²) in [5, 5.41) is 47.3. The molecule has 7 nitrogen and oxygen atoms in total. The van der Waals surface area contributed by atoms with Crippen molar-refractivity contribution in [3.8, 4) is 0 Å². The van der Waals surface area contributed by atoms with Crippen molar-refractivity contribution in [3.05, 3.63) is 35.4 Å². The van der Waals surface area contributed by atoms with E-state index in [2.05, 4.69) is 6.92 Å². The number of hydrogen-bond donors (Lipinski definition) is 5. The average molecular weight is 497 g/mol. The van der Waals surface area contributed by atoms with Gasteiger partial charge in [-0.3, -0.25) is 0 Å². The highest BCUT2D eigenvalue weighted by molar-refractivity contribution is 5.89. The van der Waals surface area contributed by atoms with Gasteiger partial charge in [0.15, 0.2) is 0 Å². The molecule has 5 N–H and O–H groups in total. The summed E-state index contributed by atoms with van der Waals surface area (Å²) in [6.45, 7) is 0.942. The first-order chi connectivity index (χ1) is 16.9. The summed E-state index contributed by atoms with van der Waals surface area (Å²) in [6, 6.07) is 7.13. The molecule has 4 atom stereocenters. The molecule has 0 amide bonds. The van der Waals surface area contributed by atoms with Crippen LogP contribution >= 0.6 is 0 Å². The Labute approximate surface area is 211 Å². The van der Waals surface area contributed by atoms with Gasteiger partial charge >= 0.3 is 5.97 Å².